The number of likely N-dealkylation sites (tertiary alicyclic amines) is 1. The third-order valence-electron chi connectivity index (χ3n) is 4.13. The predicted octanol–water partition coefficient (Wildman–Crippen LogP) is 3.73. The number of Topliss-reactive ketones (excluding diaryl/α,β-unsaturated/α-hetero) is 1. The van der Waals surface area contributed by atoms with Crippen LogP contribution in [0.4, 0.5) is 5.69 Å². The molecule has 1 amide bonds. The van der Waals surface area contributed by atoms with Crippen LogP contribution >= 0.6 is 11.3 Å². The lowest BCUT2D eigenvalue weighted by molar-refractivity contribution is -0.117. The summed E-state index contributed by atoms with van der Waals surface area (Å²) in [5, 5.41) is 4.98. The summed E-state index contributed by atoms with van der Waals surface area (Å²) in [5.74, 6) is -0.0347. The van der Waals surface area contributed by atoms with Crippen molar-refractivity contribution in [1.82, 2.24) is 4.90 Å². The van der Waals surface area contributed by atoms with Crippen molar-refractivity contribution < 1.29 is 9.59 Å². The van der Waals surface area contributed by atoms with Gasteiger partial charge in [-0.25, -0.2) is 0 Å². The van der Waals surface area contributed by atoms with Crippen LogP contribution in [0.1, 0.15) is 41.0 Å². The Morgan fingerprint density at radius 1 is 1.30 bits per heavy atom. The van der Waals surface area contributed by atoms with Crippen LogP contribution in [0, 0.1) is 0 Å². The summed E-state index contributed by atoms with van der Waals surface area (Å²) in [6.07, 6.45) is 2.23. The lowest BCUT2D eigenvalue weighted by Gasteiger charge is -2.22. The van der Waals surface area contributed by atoms with Gasteiger partial charge in [0.1, 0.15) is 0 Å². The summed E-state index contributed by atoms with van der Waals surface area (Å²) < 4.78 is 0. The molecule has 5 heteroatoms. The molecule has 0 radical (unpaired) electrons. The van der Waals surface area contributed by atoms with Crippen molar-refractivity contribution in [3.8, 4) is 0 Å². The summed E-state index contributed by atoms with van der Waals surface area (Å²) in [6, 6.07) is 11.6. The zero-order valence-electron chi connectivity index (χ0n) is 13.1. The van der Waals surface area contributed by atoms with E-state index in [1.54, 1.807) is 29.5 Å². The quantitative estimate of drug-likeness (QED) is 0.851. The number of carbonyl (C=O) groups excluding carboxylic acids is 2. The van der Waals surface area contributed by atoms with Gasteiger partial charge in [-0.15, -0.1) is 11.3 Å². The number of nitrogens with one attached hydrogen (secondary N) is 1. The molecule has 1 fully saturated rings. The Balaban J connectivity index is 1.63. The van der Waals surface area contributed by atoms with Gasteiger partial charge in [0.25, 0.3) is 0 Å². The molecule has 4 nitrogen and oxygen atoms in total. The first-order valence-corrected chi connectivity index (χ1v) is 8.70. The molecule has 1 atom stereocenters. The molecule has 0 aliphatic carbocycles. The molecule has 0 spiro atoms. The highest BCUT2D eigenvalue weighted by atomic mass is 32.1. The number of anilines is 1. The Morgan fingerprint density at radius 2 is 2.17 bits per heavy atom. The van der Waals surface area contributed by atoms with Crippen LogP contribution in [0.2, 0.25) is 0 Å². The molecule has 1 aromatic heterocycles. The van der Waals surface area contributed by atoms with Crippen LogP contribution in [0.25, 0.3) is 0 Å². The minimum atomic E-state index is -0.0332. The van der Waals surface area contributed by atoms with Crippen molar-refractivity contribution in [2.75, 3.05) is 18.4 Å². The maximum Gasteiger partial charge on any atom is 0.238 e. The molecule has 1 aliphatic rings. The van der Waals surface area contributed by atoms with Crippen LogP contribution in [0.3, 0.4) is 0 Å². The molecule has 2 aromatic rings. The number of ketones is 1. The van der Waals surface area contributed by atoms with Gasteiger partial charge in [0, 0.05) is 22.2 Å². The Kier molecular flexibility index (Phi) is 4.88. The van der Waals surface area contributed by atoms with Crippen molar-refractivity contribution >= 4 is 28.7 Å². The lowest BCUT2D eigenvalue weighted by Crippen LogP contribution is -2.32. The van der Waals surface area contributed by atoms with Gasteiger partial charge >= 0.3 is 0 Å². The standard InChI is InChI=1S/C18H20N2O2S/c1-13(21)14-5-2-6-15(11-14)19-18(22)12-20-9-3-7-16(20)17-8-4-10-23-17/h2,4-6,8,10-11,16H,3,7,9,12H2,1H3,(H,19,22)/t16-/m0/s1. The Hall–Kier alpha value is -1.98. The van der Waals surface area contributed by atoms with E-state index in [0.717, 1.165) is 19.4 Å². The fraction of sp³-hybridized carbons (Fsp3) is 0.333. The van der Waals surface area contributed by atoms with E-state index >= 15 is 0 Å². The maximum absolute atomic E-state index is 12.3. The number of thiophene rings is 1. The number of benzene rings is 1. The summed E-state index contributed by atoms with van der Waals surface area (Å²) in [6.45, 7) is 2.85. The van der Waals surface area contributed by atoms with Gasteiger partial charge in [0.05, 0.1) is 6.54 Å². The molecule has 1 aromatic carbocycles. The summed E-state index contributed by atoms with van der Waals surface area (Å²) in [7, 11) is 0. The van der Waals surface area contributed by atoms with Crippen molar-refractivity contribution in [3.05, 3.63) is 52.2 Å². The SMILES string of the molecule is CC(=O)c1cccc(NC(=O)CN2CCC[C@H]2c2cccs2)c1. The van der Waals surface area contributed by atoms with E-state index in [4.69, 9.17) is 0 Å². The molecule has 0 unspecified atom stereocenters. The average molecular weight is 328 g/mol. The molecular formula is C18H20N2O2S. The fourth-order valence-electron chi connectivity index (χ4n) is 3.02. The highest BCUT2D eigenvalue weighted by Crippen LogP contribution is 2.34. The van der Waals surface area contributed by atoms with Gasteiger partial charge in [-0.3, -0.25) is 14.5 Å². The first-order valence-electron chi connectivity index (χ1n) is 7.82. The monoisotopic (exact) mass is 328 g/mol. The number of hydrogen-bond donors (Lipinski definition) is 1. The van der Waals surface area contributed by atoms with Crippen LogP contribution in [-0.4, -0.2) is 29.7 Å². The largest absolute Gasteiger partial charge is 0.325 e. The second kappa shape index (κ2) is 7.06. The molecule has 1 saturated heterocycles. The van der Waals surface area contributed by atoms with E-state index in [-0.39, 0.29) is 11.7 Å². The van der Waals surface area contributed by atoms with Gasteiger partial charge < -0.3 is 5.32 Å². The first-order chi connectivity index (χ1) is 11.1. The van der Waals surface area contributed by atoms with Crippen LogP contribution in [0.15, 0.2) is 41.8 Å². The number of rotatable bonds is 5. The smallest absolute Gasteiger partial charge is 0.238 e. The van der Waals surface area contributed by atoms with Gasteiger partial charge in [-0.1, -0.05) is 18.2 Å². The van der Waals surface area contributed by atoms with E-state index in [1.165, 1.54) is 11.8 Å². The number of nitrogens with zero attached hydrogens (tertiary/aromatic N) is 1. The molecule has 2 heterocycles. The van der Waals surface area contributed by atoms with Crippen LogP contribution in [-0.2, 0) is 4.79 Å². The summed E-state index contributed by atoms with van der Waals surface area (Å²) in [5.41, 5.74) is 1.29. The number of hydrogen-bond acceptors (Lipinski definition) is 4. The highest BCUT2D eigenvalue weighted by Gasteiger charge is 2.28. The van der Waals surface area contributed by atoms with Crippen LogP contribution in [0.5, 0.6) is 0 Å². The first kappa shape index (κ1) is 15.9. The van der Waals surface area contributed by atoms with E-state index < -0.39 is 0 Å². The molecule has 0 bridgehead atoms. The fourth-order valence-corrected chi connectivity index (χ4v) is 3.91. The Bertz CT molecular complexity index is 697. The van der Waals surface area contributed by atoms with E-state index in [2.05, 4.69) is 27.7 Å². The summed E-state index contributed by atoms with van der Waals surface area (Å²) >= 11 is 1.75. The Morgan fingerprint density at radius 3 is 2.91 bits per heavy atom. The van der Waals surface area contributed by atoms with Gasteiger partial charge in [0.15, 0.2) is 5.78 Å². The highest BCUT2D eigenvalue weighted by molar-refractivity contribution is 7.10. The predicted molar refractivity (Wildman–Crippen MR) is 92.9 cm³/mol. The molecular weight excluding hydrogens is 308 g/mol. The second-order valence-electron chi connectivity index (χ2n) is 5.83. The third-order valence-corrected chi connectivity index (χ3v) is 5.11. The van der Waals surface area contributed by atoms with E-state index in [9.17, 15) is 9.59 Å². The minimum absolute atomic E-state index is 0.00148. The summed E-state index contributed by atoms with van der Waals surface area (Å²) in [4.78, 5) is 27.3. The van der Waals surface area contributed by atoms with Crippen molar-refractivity contribution in [2.24, 2.45) is 0 Å². The molecule has 3 rings (SSSR count). The van der Waals surface area contributed by atoms with Gasteiger partial charge in [0.2, 0.25) is 5.91 Å². The molecule has 120 valence electrons. The lowest BCUT2D eigenvalue weighted by atomic mass is 10.1. The van der Waals surface area contributed by atoms with Gasteiger partial charge in [-0.2, -0.15) is 0 Å². The Labute approximate surface area is 140 Å². The zero-order valence-corrected chi connectivity index (χ0v) is 13.9. The normalized spacial score (nSPS) is 18.0. The minimum Gasteiger partial charge on any atom is -0.325 e. The molecule has 1 N–H and O–H groups in total. The van der Waals surface area contributed by atoms with Crippen molar-refractivity contribution in [1.29, 1.82) is 0 Å². The van der Waals surface area contributed by atoms with E-state index in [1.807, 2.05) is 6.07 Å². The van der Waals surface area contributed by atoms with Crippen LogP contribution < -0.4 is 5.32 Å². The van der Waals surface area contributed by atoms with Gasteiger partial charge in [-0.05, 0) is 49.9 Å². The molecule has 0 saturated carbocycles. The zero-order chi connectivity index (χ0) is 16.2. The van der Waals surface area contributed by atoms with Crippen molar-refractivity contribution in [3.63, 3.8) is 0 Å². The maximum atomic E-state index is 12.3. The molecule has 23 heavy (non-hydrogen) atoms. The second-order valence-corrected chi connectivity index (χ2v) is 6.81. The molecule has 1 aliphatic heterocycles. The third kappa shape index (κ3) is 3.86. The number of amides is 1. The number of carbonyl (C=O) groups is 2. The van der Waals surface area contributed by atoms with Crippen molar-refractivity contribution in [2.45, 2.75) is 25.8 Å². The van der Waals surface area contributed by atoms with E-state index in [0.29, 0.717) is 23.8 Å². The topological polar surface area (TPSA) is 49.4 Å². The average Bonchev–Trinajstić information content (AvgIpc) is 3.18.